The van der Waals surface area contributed by atoms with Crippen molar-refractivity contribution in [1.29, 1.82) is 0 Å². The number of halogens is 2. The summed E-state index contributed by atoms with van der Waals surface area (Å²) in [6.45, 7) is 3.79. The fraction of sp³-hybridized carbons (Fsp3) is 0.250. The molecule has 0 saturated carbocycles. The van der Waals surface area contributed by atoms with E-state index in [-0.39, 0.29) is 10.6 Å². The summed E-state index contributed by atoms with van der Waals surface area (Å²) in [4.78, 5) is 0.0522. The molecule has 0 aromatic heterocycles. The van der Waals surface area contributed by atoms with Crippen LogP contribution in [0.15, 0.2) is 36.4 Å². The molecule has 0 bridgehead atoms. The highest BCUT2D eigenvalue weighted by Gasteiger charge is 2.13. The SMILES string of the molecule is COc1ccc(C(Br)c2ccc(F)c(C)c2)cc1C. The zero-order valence-electron chi connectivity index (χ0n) is 11.2. The van der Waals surface area contributed by atoms with E-state index in [1.807, 2.05) is 25.1 Å². The molecule has 2 rings (SSSR count). The van der Waals surface area contributed by atoms with E-state index >= 15 is 0 Å². The molecule has 0 fully saturated rings. The van der Waals surface area contributed by atoms with Gasteiger partial charge in [0.05, 0.1) is 11.9 Å². The van der Waals surface area contributed by atoms with Gasteiger partial charge in [0.2, 0.25) is 0 Å². The second-order valence-corrected chi connectivity index (χ2v) is 5.52. The molecule has 0 aliphatic rings. The number of benzene rings is 2. The van der Waals surface area contributed by atoms with Crippen LogP contribution in [-0.4, -0.2) is 7.11 Å². The van der Waals surface area contributed by atoms with Crippen LogP contribution in [0, 0.1) is 19.7 Å². The molecule has 0 aliphatic heterocycles. The molecule has 0 heterocycles. The number of hydrogen-bond acceptors (Lipinski definition) is 1. The number of rotatable bonds is 3. The van der Waals surface area contributed by atoms with E-state index < -0.39 is 0 Å². The van der Waals surface area contributed by atoms with Crippen molar-refractivity contribution in [2.75, 3.05) is 7.11 Å². The van der Waals surface area contributed by atoms with Gasteiger partial charge in [0.15, 0.2) is 0 Å². The van der Waals surface area contributed by atoms with Gasteiger partial charge in [0.1, 0.15) is 11.6 Å². The minimum Gasteiger partial charge on any atom is -0.496 e. The first-order valence-corrected chi connectivity index (χ1v) is 6.99. The third kappa shape index (κ3) is 2.98. The summed E-state index contributed by atoms with van der Waals surface area (Å²) in [6, 6.07) is 11.2. The van der Waals surface area contributed by atoms with Crippen LogP contribution in [0.5, 0.6) is 5.75 Å². The van der Waals surface area contributed by atoms with Crippen molar-refractivity contribution in [3.63, 3.8) is 0 Å². The van der Waals surface area contributed by atoms with Crippen molar-refractivity contribution in [3.8, 4) is 5.75 Å². The Hall–Kier alpha value is -1.35. The van der Waals surface area contributed by atoms with Crippen LogP contribution >= 0.6 is 15.9 Å². The zero-order chi connectivity index (χ0) is 14.0. The summed E-state index contributed by atoms with van der Waals surface area (Å²) in [7, 11) is 1.66. The molecule has 1 atom stereocenters. The van der Waals surface area contributed by atoms with Crippen molar-refractivity contribution < 1.29 is 9.13 Å². The Kier molecular flexibility index (Phi) is 4.25. The molecule has 1 unspecified atom stereocenters. The van der Waals surface area contributed by atoms with Crippen LogP contribution in [0.2, 0.25) is 0 Å². The summed E-state index contributed by atoms with van der Waals surface area (Å²) in [5.74, 6) is 0.702. The summed E-state index contributed by atoms with van der Waals surface area (Å²) in [5, 5.41) is 0. The summed E-state index contributed by atoms with van der Waals surface area (Å²) >= 11 is 3.67. The summed E-state index contributed by atoms with van der Waals surface area (Å²) < 4.78 is 18.6. The Morgan fingerprint density at radius 2 is 1.58 bits per heavy atom. The molecule has 0 spiro atoms. The number of hydrogen-bond donors (Lipinski definition) is 0. The lowest BCUT2D eigenvalue weighted by Crippen LogP contribution is -1.96. The van der Waals surface area contributed by atoms with E-state index in [0.29, 0.717) is 5.56 Å². The molecule has 2 aromatic rings. The minimum atomic E-state index is -0.172. The highest BCUT2D eigenvalue weighted by molar-refractivity contribution is 9.09. The first kappa shape index (κ1) is 14.1. The zero-order valence-corrected chi connectivity index (χ0v) is 12.8. The predicted octanol–water partition coefficient (Wildman–Crippen LogP) is 4.94. The molecule has 2 aromatic carbocycles. The molecule has 0 N–H and O–H groups in total. The molecule has 3 heteroatoms. The lowest BCUT2D eigenvalue weighted by molar-refractivity contribution is 0.411. The molecule has 0 amide bonds. The lowest BCUT2D eigenvalue weighted by atomic mass is 10.0. The number of aryl methyl sites for hydroxylation is 2. The number of ether oxygens (including phenoxy) is 1. The Balaban J connectivity index is 2.35. The topological polar surface area (TPSA) is 9.23 Å². The van der Waals surface area contributed by atoms with Crippen LogP contribution in [0.25, 0.3) is 0 Å². The van der Waals surface area contributed by atoms with Crippen molar-refractivity contribution in [2.24, 2.45) is 0 Å². The molecule has 100 valence electrons. The normalized spacial score (nSPS) is 12.3. The van der Waals surface area contributed by atoms with E-state index in [0.717, 1.165) is 22.4 Å². The Labute approximate surface area is 121 Å². The van der Waals surface area contributed by atoms with Crippen LogP contribution in [-0.2, 0) is 0 Å². The van der Waals surface area contributed by atoms with Gasteiger partial charge in [-0.15, -0.1) is 0 Å². The second-order valence-electron chi connectivity index (χ2n) is 4.60. The lowest BCUT2D eigenvalue weighted by Gasteiger charge is -2.14. The van der Waals surface area contributed by atoms with E-state index in [4.69, 9.17) is 4.74 Å². The molecule has 1 nitrogen and oxygen atoms in total. The number of alkyl halides is 1. The quantitative estimate of drug-likeness (QED) is 0.727. The Bertz CT molecular complexity index is 595. The van der Waals surface area contributed by atoms with Crippen molar-refractivity contribution in [3.05, 3.63) is 64.5 Å². The van der Waals surface area contributed by atoms with Gasteiger partial charge in [0, 0.05) is 0 Å². The van der Waals surface area contributed by atoms with Crippen LogP contribution in [0.3, 0.4) is 0 Å². The van der Waals surface area contributed by atoms with Gasteiger partial charge in [-0.2, -0.15) is 0 Å². The smallest absolute Gasteiger partial charge is 0.126 e. The van der Waals surface area contributed by atoms with Crippen LogP contribution < -0.4 is 4.74 Å². The van der Waals surface area contributed by atoms with Gasteiger partial charge in [0.25, 0.3) is 0 Å². The van der Waals surface area contributed by atoms with Crippen molar-refractivity contribution in [1.82, 2.24) is 0 Å². The fourth-order valence-corrected chi connectivity index (χ4v) is 2.65. The van der Waals surface area contributed by atoms with Crippen molar-refractivity contribution in [2.45, 2.75) is 18.7 Å². The van der Waals surface area contributed by atoms with Crippen LogP contribution in [0.1, 0.15) is 27.1 Å². The largest absolute Gasteiger partial charge is 0.496 e. The molecule has 19 heavy (non-hydrogen) atoms. The second kappa shape index (κ2) is 5.74. The molecular formula is C16H16BrFO. The first-order valence-electron chi connectivity index (χ1n) is 6.07. The minimum absolute atomic E-state index is 0.0522. The summed E-state index contributed by atoms with van der Waals surface area (Å²) in [5.41, 5.74) is 3.92. The third-order valence-electron chi connectivity index (χ3n) is 3.19. The Morgan fingerprint density at radius 1 is 1.00 bits per heavy atom. The van der Waals surface area contributed by atoms with E-state index in [9.17, 15) is 4.39 Å². The van der Waals surface area contributed by atoms with E-state index in [1.54, 1.807) is 20.1 Å². The number of methoxy groups -OCH3 is 1. The molecule has 0 radical (unpaired) electrons. The maximum Gasteiger partial charge on any atom is 0.126 e. The molecule has 0 aliphatic carbocycles. The van der Waals surface area contributed by atoms with Gasteiger partial charge in [-0.05, 0) is 48.2 Å². The highest BCUT2D eigenvalue weighted by Crippen LogP contribution is 2.33. The van der Waals surface area contributed by atoms with Gasteiger partial charge < -0.3 is 4.74 Å². The van der Waals surface area contributed by atoms with Gasteiger partial charge >= 0.3 is 0 Å². The summed E-state index contributed by atoms with van der Waals surface area (Å²) in [6.07, 6.45) is 0. The van der Waals surface area contributed by atoms with Gasteiger partial charge in [-0.25, -0.2) is 4.39 Å². The third-order valence-corrected chi connectivity index (χ3v) is 4.24. The monoisotopic (exact) mass is 322 g/mol. The molecular weight excluding hydrogens is 307 g/mol. The van der Waals surface area contributed by atoms with Crippen LogP contribution in [0.4, 0.5) is 4.39 Å². The first-order chi connectivity index (χ1) is 9.02. The average molecular weight is 323 g/mol. The van der Waals surface area contributed by atoms with Crippen molar-refractivity contribution >= 4 is 15.9 Å². The maximum atomic E-state index is 13.3. The predicted molar refractivity (Wildman–Crippen MR) is 79.6 cm³/mol. The Morgan fingerprint density at radius 3 is 2.11 bits per heavy atom. The van der Waals surface area contributed by atoms with E-state index in [2.05, 4.69) is 22.0 Å². The average Bonchev–Trinajstić information content (AvgIpc) is 2.41. The van der Waals surface area contributed by atoms with E-state index in [1.165, 1.54) is 6.07 Å². The van der Waals surface area contributed by atoms with Gasteiger partial charge in [-0.3, -0.25) is 0 Å². The van der Waals surface area contributed by atoms with Gasteiger partial charge in [-0.1, -0.05) is 40.2 Å². The fourth-order valence-electron chi connectivity index (χ4n) is 2.08. The highest BCUT2D eigenvalue weighted by atomic mass is 79.9. The standard InChI is InChI=1S/C16H16BrFO/c1-10-8-12(4-6-14(10)18)16(17)13-5-7-15(19-3)11(2)9-13/h4-9,16H,1-3H3. The maximum absolute atomic E-state index is 13.3. The molecule has 0 saturated heterocycles.